The molecule has 3 nitrogen and oxygen atoms in total. The molecule has 3 rings (SSSR count). The number of nitrogens with one attached hydrogen (secondary N) is 1. The van der Waals surface area contributed by atoms with E-state index >= 15 is 0 Å². The zero-order valence-corrected chi connectivity index (χ0v) is 11.9. The maximum atomic E-state index is 12.4. The Labute approximate surface area is 116 Å². The van der Waals surface area contributed by atoms with Crippen molar-refractivity contribution in [1.82, 2.24) is 10.2 Å². The summed E-state index contributed by atoms with van der Waals surface area (Å²) in [7, 11) is 0. The van der Waals surface area contributed by atoms with Crippen LogP contribution >= 0.6 is 12.4 Å². The molecule has 1 aliphatic carbocycles. The van der Waals surface area contributed by atoms with Crippen molar-refractivity contribution in [3.05, 3.63) is 0 Å². The van der Waals surface area contributed by atoms with Crippen LogP contribution in [-0.4, -0.2) is 36.0 Å². The largest absolute Gasteiger partial charge is 0.335 e. The van der Waals surface area contributed by atoms with Crippen LogP contribution in [0.3, 0.4) is 0 Å². The van der Waals surface area contributed by atoms with Gasteiger partial charge in [-0.3, -0.25) is 4.79 Å². The Bertz CT molecular complexity index is 280. The van der Waals surface area contributed by atoms with E-state index in [9.17, 15) is 4.79 Å². The van der Waals surface area contributed by atoms with Crippen molar-refractivity contribution in [2.24, 2.45) is 5.92 Å². The van der Waals surface area contributed by atoms with Crippen molar-refractivity contribution in [2.75, 3.05) is 13.1 Å². The van der Waals surface area contributed by atoms with Crippen LogP contribution in [0.15, 0.2) is 0 Å². The first-order valence-corrected chi connectivity index (χ1v) is 7.36. The van der Waals surface area contributed by atoms with E-state index in [1.165, 1.54) is 32.1 Å². The molecule has 0 aromatic heterocycles. The summed E-state index contributed by atoms with van der Waals surface area (Å²) in [5.74, 6) is 1.30. The molecule has 1 amide bonds. The fraction of sp³-hybridized carbons (Fsp3) is 0.929. The highest BCUT2D eigenvalue weighted by Gasteiger charge is 2.37. The molecule has 3 fully saturated rings. The van der Waals surface area contributed by atoms with E-state index in [0.717, 1.165) is 38.3 Å². The molecule has 1 N–H and O–H groups in total. The molecule has 1 saturated carbocycles. The van der Waals surface area contributed by atoms with Gasteiger partial charge in [0.05, 0.1) is 0 Å². The second-order valence-corrected chi connectivity index (χ2v) is 6.01. The number of carbonyl (C=O) groups is 1. The van der Waals surface area contributed by atoms with Gasteiger partial charge < -0.3 is 10.2 Å². The predicted molar refractivity (Wildman–Crippen MR) is 75.0 cm³/mol. The van der Waals surface area contributed by atoms with Gasteiger partial charge in [0.1, 0.15) is 0 Å². The van der Waals surface area contributed by atoms with E-state index in [-0.39, 0.29) is 12.4 Å². The Balaban J connectivity index is 0.00000120. The van der Waals surface area contributed by atoms with Crippen LogP contribution in [0.25, 0.3) is 0 Å². The molecule has 0 spiro atoms. The Morgan fingerprint density at radius 1 is 1.11 bits per heavy atom. The normalized spacial score (nSPS) is 31.4. The molecule has 2 heterocycles. The van der Waals surface area contributed by atoms with E-state index in [0.29, 0.717) is 18.0 Å². The predicted octanol–water partition coefficient (Wildman–Crippen LogP) is 2.34. The summed E-state index contributed by atoms with van der Waals surface area (Å²) in [5, 5.41) is 3.46. The molecule has 2 saturated heterocycles. The van der Waals surface area contributed by atoms with Crippen LogP contribution in [0.2, 0.25) is 0 Å². The number of amides is 1. The zero-order chi connectivity index (χ0) is 11.7. The first-order valence-electron chi connectivity index (χ1n) is 7.36. The van der Waals surface area contributed by atoms with Crippen LogP contribution in [0, 0.1) is 5.92 Å². The molecule has 3 aliphatic rings. The molecule has 2 aliphatic heterocycles. The van der Waals surface area contributed by atoms with Crippen molar-refractivity contribution in [2.45, 2.75) is 63.5 Å². The summed E-state index contributed by atoms with van der Waals surface area (Å²) in [4.78, 5) is 14.6. The van der Waals surface area contributed by atoms with Crippen LogP contribution in [-0.2, 0) is 4.79 Å². The van der Waals surface area contributed by atoms with E-state index in [4.69, 9.17) is 0 Å². The topological polar surface area (TPSA) is 32.3 Å². The third-order valence-electron chi connectivity index (χ3n) is 4.93. The highest BCUT2D eigenvalue weighted by Crippen LogP contribution is 2.33. The molecule has 104 valence electrons. The molecule has 2 atom stereocenters. The lowest BCUT2D eigenvalue weighted by Gasteiger charge is -2.30. The van der Waals surface area contributed by atoms with E-state index in [2.05, 4.69) is 10.2 Å². The smallest absolute Gasteiger partial charge is 0.223 e. The molecule has 18 heavy (non-hydrogen) atoms. The van der Waals surface area contributed by atoms with Gasteiger partial charge in [0.15, 0.2) is 0 Å². The number of rotatable bonds is 3. The summed E-state index contributed by atoms with van der Waals surface area (Å²) in [6, 6.07) is 1.04. The standard InChI is InChI=1S/C14H24N2O.ClH/c17-14(7-4-11-2-1-3-11)16-12-5-6-13(16)10-15-9-8-12;/h11-13,15H,1-10H2;1H. The van der Waals surface area contributed by atoms with Gasteiger partial charge in [-0.2, -0.15) is 0 Å². The van der Waals surface area contributed by atoms with E-state index in [1.807, 2.05) is 0 Å². The molecule has 2 bridgehead atoms. The van der Waals surface area contributed by atoms with Crippen LogP contribution in [0.1, 0.15) is 51.4 Å². The number of fused-ring (bicyclic) bond motifs is 2. The number of carbonyl (C=O) groups excluding carboxylic acids is 1. The van der Waals surface area contributed by atoms with Crippen molar-refractivity contribution in [1.29, 1.82) is 0 Å². The van der Waals surface area contributed by atoms with Crippen LogP contribution < -0.4 is 5.32 Å². The molecule has 0 radical (unpaired) electrons. The van der Waals surface area contributed by atoms with Gasteiger partial charge >= 0.3 is 0 Å². The number of halogens is 1. The summed E-state index contributed by atoms with van der Waals surface area (Å²) < 4.78 is 0. The first kappa shape index (κ1) is 14.1. The average Bonchev–Trinajstić information content (AvgIpc) is 2.49. The molecule has 0 aromatic rings. The Morgan fingerprint density at radius 2 is 1.89 bits per heavy atom. The fourth-order valence-corrected chi connectivity index (χ4v) is 3.63. The maximum Gasteiger partial charge on any atom is 0.223 e. The highest BCUT2D eigenvalue weighted by atomic mass is 35.5. The summed E-state index contributed by atoms with van der Waals surface area (Å²) in [6.07, 6.45) is 9.67. The Hall–Kier alpha value is -0.280. The summed E-state index contributed by atoms with van der Waals surface area (Å²) in [6.45, 7) is 2.11. The molecule has 2 unspecified atom stereocenters. The van der Waals surface area contributed by atoms with Crippen molar-refractivity contribution in [3.8, 4) is 0 Å². The lowest BCUT2D eigenvalue weighted by atomic mass is 9.82. The third-order valence-corrected chi connectivity index (χ3v) is 4.93. The quantitative estimate of drug-likeness (QED) is 0.855. The molecule has 4 heteroatoms. The summed E-state index contributed by atoms with van der Waals surface area (Å²) >= 11 is 0. The van der Waals surface area contributed by atoms with Gasteiger partial charge in [0.2, 0.25) is 5.91 Å². The van der Waals surface area contributed by atoms with Gasteiger partial charge in [0.25, 0.3) is 0 Å². The first-order chi connectivity index (χ1) is 8.34. The Kier molecular flexibility index (Phi) is 4.91. The third kappa shape index (κ3) is 2.83. The number of nitrogens with zero attached hydrogens (tertiary/aromatic N) is 1. The minimum Gasteiger partial charge on any atom is -0.335 e. The van der Waals surface area contributed by atoms with Gasteiger partial charge in [-0.05, 0) is 38.1 Å². The van der Waals surface area contributed by atoms with Gasteiger partial charge in [0, 0.05) is 25.0 Å². The van der Waals surface area contributed by atoms with Crippen molar-refractivity contribution < 1.29 is 4.79 Å². The maximum absolute atomic E-state index is 12.4. The number of hydrogen-bond donors (Lipinski definition) is 1. The van der Waals surface area contributed by atoms with Gasteiger partial charge in [-0.15, -0.1) is 12.4 Å². The van der Waals surface area contributed by atoms with Crippen LogP contribution in [0.5, 0.6) is 0 Å². The van der Waals surface area contributed by atoms with Gasteiger partial charge in [-0.1, -0.05) is 19.3 Å². The SMILES string of the molecule is Cl.O=C(CCC1CCC1)N1C2CCNCC1CC2. The van der Waals surface area contributed by atoms with Crippen LogP contribution in [0.4, 0.5) is 0 Å². The Morgan fingerprint density at radius 3 is 2.61 bits per heavy atom. The lowest BCUT2D eigenvalue weighted by Crippen LogP contribution is -2.42. The van der Waals surface area contributed by atoms with Crippen molar-refractivity contribution >= 4 is 18.3 Å². The minimum atomic E-state index is 0. The fourth-order valence-electron chi connectivity index (χ4n) is 3.63. The molecular formula is C14H25ClN2O. The van der Waals surface area contributed by atoms with Gasteiger partial charge in [-0.25, -0.2) is 0 Å². The second-order valence-electron chi connectivity index (χ2n) is 6.01. The summed E-state index contributed by atoms with van der Waals surface area (Å²) in [5.41, 5.74) is 0. The van der Waals surface area contributed by atoms with E-state index in [1.54, 1.807) is 0 Å². The highest BCUT2D eigenvalue weighted by molar-refractivity contribution is 5.85. The zero-order valence-electron chi connectivity index (χ0n) is 11.1. The number of hydrogen-bond acceptors (Lipinski definition) is 2. The van der Waals surface area contributed by atoms with Crippen molar-refractivity contribution in [3.63, 3.8) is 0 Å². The van der Waals surface area contributed by atoms with E-state index < -0.39 is 0 Å². The lowest BCUT2D eigenvalue weighted by molar-refractivity contribution is -0.134. The second kappa shape index (κ2) is 6.25. The average molecular weight is 273 g/mol. The molecular weight excluding hydrogens is 248 g/mol. The molecule has 0 aromatic carbocycles. The minimum absolute atomic E-state index is 0. The monoisotopic (exact) mass is 272 g/mol.